The second-order valence-electron chi connectivity index (χ2n) is 9.41. The molecule has 0 bridgehead atoms. The van der Waals surface area contributed by atoms with Gasteiger partial charge < -0.3 is 28.7 Å². The second kappa shape index (κ2) is 12.0. The number of methoxy groups -OCH3 is 1. The van der Waals surface area contributed by atoms with E-state index >= 15 is 0 Å². The topological polar surface area (TPSA) is 132 Å². The Morgan fingerprint density at radius 2 is 2.00 bits per heavy atom. The predicted molar refractivity (Wildman–Crippen MR) is 136 cm³/mol. The van der Waals surface area contributed by atoms with Crippen molar-refractivity contribution in [3.05, 3.63) is 28.8 Å². The van der Waals surface area contributed by atoms with Crippen molar-refractivity contribution in [1.29, 1.82) is 0 Å². The van der Waals surface area contributed by atoms with Crippen molar-refractivity contribution in [2.24, 2.45) is 0 Å². The SMILES string of the molecule is COc1ccc([C@@H]2CC(=O)N(CC(=O)Nc3nnc(CC(=O)N4CCOCC4)s3)C2)cc1O[C@@H]1CCOC1. The number of anilines is 1. The number of nitrogens with zero attached hydrogens (tertiary/aromatic N) is 4. The minimum absolute atomic E-state index is 0.0251. The molecule has 3 amide bonds. The lowest BCUT2D eigenvalue weighted by atomic mass is 9.98. The molecule has 3 fully saturated rings. The van der Waals surface area contributed by atoms with Crippen LogP contribution in [0.5, 0.6) is 11.5 Å². The molecule has 1 aromatic carbocycles. The highest BCUT2D eigenvalue weighted by Gasteiger charge is 2.33. The van der Waals surface area contributed by atoms with Crippen molar-refractivity contribution in [1.82, 2.24) is 20.0 Å². The van der Waals surface area contributed by atoms with Crippen LogP contribution in [-0.4, -0.2) is 104 Å². The summed E-state index contributed by atoms with van der Waals surface area (Å²) in [4.78, 5) is 41.1. The third kappa shape index (κ3) is 6.40. The molecule has 3 aliphatic heterocycles. The molecule has 0 aliphatic carbocycles. The fraction of sp³-hybridized carbons (Fsp3) is 0.560. The molecule has 1 N–H and O–H groups in total. The zero-order chi connectivity index (χ0) is 26.5. The van der Waals surface area contributed by atoms with E-state index in [9.17, 15) is 14.4 Å². The number of benzene rings is 1. The standard InChI is InChI=1S/C25H31N5O7S/c1-34-19-3-2-16(10-20(19)37-18-4-7-36-15-18)17-11-23(32)30(13-17)14-21(31)26-25-28-27-22(38-25)12-24(33)29-5-8-35-9-6-29/h2-3,10,17-18H,4-9,11-15H2,1H3,(H,26,28,31)/t17-,18-/m1/s1. The average molecular weight is 546 g/mol. The Kier molecular flexibility index (Phi) is 8.35. The van der Waals surface area contributed by atoms with Crippen LogP contribution in [0, 0.1) is 0 Å². The van der Waals surface area contributed by atoms with Gasteiger partial charge in [0.15, 0.2) is 11.5 Å². The summed E-state index contributed by atoms with van der Waals surface area (Å²) >= 11 is 1.16. The molecule has 13 heteroatoms. The number of hydrogen-bond acceptors (Lipinski definition) is 10. The number of rotatable bonds is 9. The maximum atomic E-state index is 12.7. The van der Waals surface area contributed by atoms with E-state index < -0.39 is 0 Å². The van der Waals surface area contributed by atoms with Crippen molar-refractivity contribution >= 4 is 34.2 Å². The molecule has 0 radical (unpaired) electrons. The molecular weight excluding hydrogens is 514 g/mol. The Morgan fingerprint density at radius 1 is 1.16 bits per heavy atom. The van der Waals surface area contributed by atoms with Gasteiger partial charge in [0, 0.05) is 38.4 Å². The molecule has 204 valence electrons. The first-order chi connectivity index (χ1) is 18.5. The molecule has 5 rings (SSSR count). The molecule has 0 saturated carbocycles. The first-order valence-corrected chi connectivity index (χ1v) is 13.5. The molecule has 38 heavy (non-hydrogen) atoms. The Labute approximate surface area is 224 Å². The lowest BCUT2D eigenvalue weighted by molar-refractivity contribution is -0.134. The largest absolute Gasteiger partial charge is 0.493 e. The molecule has 12 nitrogen and oxygen atoms in total. The Balaban J connectivity index is 1.14. The second-order valence-corrected chi connectivity index (χ2v) is 10.5. The summed E-state index contributed by atoms with van der Waals surface area (Å²) in [6.07, 6.45) is 1.22. The molecule has 3 saturated heterocycles. The van der Waals surface area contributed by atoms with Crippen molar-refractivity contribution in [3.8, 4) is 11.5 Å². The van der Waals surface area contributed by atoms with Gasteiger partial charge in [0.1, 0.15) is 11.1 Å². The van der Waals surface area contributed by atoms with E-state index in [2.05, 4.69) is 15.5 Å². The molecule has 2 aromatic rings. The number of carbonyl (C=O) groups excluding carboxylic acids is 3. The third-order valence-electron chi connectivity index (χ3n) is 6.77. The van der Waals surface area contributed by atoms with E-state index in [1.54, 1.807) is 16.9 Å². The monoisotopic (exact) mass is 545 g/mol. The van der Waals surface area contributed by atoms with Crippen LogP contribution in [-0.2, 0) is 30.3 Å². The number of likely N-dealkylation sites (tertiary alicyclic amines) is 1. The molecule has 1 aromatic heterocycles. The van der Waals surface area contributed by atoms with E-state index in [4.69, 9.17) is 18.9 Å². The van der Waals surface area contributed by atoms with Crippen LogP contribution in [0.3, 0.4) is 0 Å². The molecule has 2 atom stereocenters. The van der Waals surface area contributed by atoms with E-state index in [1.807, 2.05) is 18.2 Å². The number of nitrogens with one attached hydrogen (secondary N) is 1. The van der Waals surface area contributed by atoms with Gasteiger partial charge in [-0.05, 0) is 17.7 Å². The van der Waals surface area contributed by atoms with Crippen molar-refractivity contribution < 1.29 is 33.3 Å². The van der Waals surface area contributed by atoms with E-state index in [-0.39, 0.29) is 42.7 Å². The quantitative estimate of drug-likeness (QED) is 0.491. The normalized spacial score (nSPS) is 21.6. The fourth-order valence-corrected chi connectivity index (χ4v) is 5.48. The van der Waals surface area contributed by atoms with E-state index in [1.165, 1.54) is 0 Å². The molecular formula is C25H31N5O7S. The van der Waals surface area contributed by atoms with E-state index in [0.29, 0.717) is 74.1 Å². The highest BCUT2D eigenvalue weighted by Crippen LogP contribution is 2.36. The molecule has 4 heterocycles. The van der Waals surface area contributed by atoms with Crippen LogP contribution in [0.2, 0.25) is 0 Å². The molecule has 3 aliphatic rings. The fourth-order valence-electron chi connectivity index (χ4n) is 4.73. The summed E-state index contributed by atoms with van der Waals surface area (Å²) in [5.41, 5.74) is 0.953. The van der Waals surface area contributed by atoms with Crippen LogP contribution in [0.1, 0.15) is 29.3 Å². The highest BCUT2D eigenvalue weighted by atomic mass is 32.1. The Morgan fingerprint density at radius 3 is 2.76 bits per heavy atom. The van der Waals surface area contributed by atoms with Crippen LogP contribution >= 0.6 is 11.3 Å². The summed E-state index contributed by atoms with van der Waals surface area (Å²) in [6, 6.07) is 5.69. The van der Waals surface area contributed by atoms with Gasteiger partial charge in [0.2, 0.25) is 22.9 Å². The average Bonchev–Trinajstić information content (AvgIpc) is 3.67. The van der Waals surface area contributed by atoms with Gasteiger partial charge in [-0.2, -0.15) is 0 Å². The Hall–Kier alpha value is -3.29. The number of hydrogen-bond donors (Lipinski definition) is 1. The van der Waals surface area contributed by atoms with Gasteiger partial charge in [-0.1, -0.05) is 17.4 Å². The minimum atomic E-state index is -0.360. The van der Waals surface area contributed by atoms with Crippen molar-refractivity contribution in [2.45, 2.75) is 31.3 Å². The first-order valence-electron chi connectivity index (χ1n) is 12.7. The lowest BCUT2D eigenvalue weighted by Crippen LogP contribution is -2.41. The first kappa shape index (κ1) is 26.3. The summed E-state index contributed by atoms with van der Waals surface area (Å²) in [5, 5.41) is 11.5. The predicted octanol–water partition coefficient (Wildman–Crippen LogP) is 1.07. The van der Waals surface area contributed by atoms with Crippen LogP contribution in [0.4, 0.5) is 5.13 Å². The van der Waals surface area contributed by atoms with Crippen molar-refractivity contribution in [2.75, 3.05) is 65.0 Å². The minimum Gasteiger partial charge on any atom is -0.493 e. The zero-order valence-electron chi connectivity index (χ0n) is 21.2. The zero-order valence-corrected chi connectivity index (χ0v) is 22.0. The van der Waals surface area contributed by atoms with Crippen LogP contribution in [0.15, 0.2) is 18.2 Å². The highest BCUT2D eigenvalue weighted by molar-refractivity contribution is 7.15. The van der Waals surface area contributed by atoms with Crippen LogP contribution in [0.25, 0.3) is 0 Å². The number of amides is 3. The number of morpholine rings is 1. The van der Waals surface area contributed by atoms with Crippen LogP contribution < -0.4 is 14.8 Å². The van der Waals surface area contributed by atoms with Gasteiger partial charge >= 0.3 is 0 Å². The van der Waals surface area contributed by atoms with Gasteiger partial charge in [-0.25, -0.2) is 0 Å². The third-order valence-corrected chi connectivity index (χ3v) is 7.61. The lowest BCUT2D eigenvalue weighted by Gasteiger charge is -2.26. The summed E-state index contributed by atoms with van der Waals surface area (Å²) in [5.74, 6) is 0.692. The molecule has 0 unspecified atom stereocenters. The summed E-state index contributed by atoms with van der Waals surface area (Å²) < 4.78 is 22.2. The number of carbonyl (C=O) groups is 3. The smallest absolute Gasteiger partial charge is 0.245 e. The van der Waals surface area contributed by atoms with Crippen molar-refractivity contribution in [3.63, 3.8) is 0 Å². The van der Waals surface area contributed by atoms with Gasteiger partial charge in [-0.3, -0.25) is 19.7 Å². The van der Waals surface area contributed by atoms with Gasteiger partial charge in [0.25, 0.3) is 0 Å². The van der Waals surface area contributed by atoms with E-state index in [0.717, 1.165) is 23.3 Å². The number of ether oxygens (including phenoxy) is 4. The number of aromatic nitrogens is 2. The van der Waals surface area contributed by atoms with Gasteiger partial charge in [-0.15, -0.1) is 10.2 Å². The molecule has 0 spiro atoms. The maximum Gasteiger partial charge on any atom is 0.245 e. The maximum absolute atomic E-state index is 12.7. The Bertz CT molecular complexity index is 1160. The van der Waals surface area contributed by atoms with Gasteiger partial charge in [0.05, 0.1) is 46.5 Å². The summed E-state index contributed by atoms with van der Waals surface area (Å²) in [6.45, 7) is 3.73. The summed E-state index contributed by atoms with van der Waals surface area (Å²) in [7, 11) is 1.59.